The summed E-state index contributed by atoms with van der Waals surface area (Å²) in [6.45, 7) is 2.21. The molecule has 0 amide bonds. The highest BCUT2D eigenvalue weighted by atomic mass is 35.5. The van der Waals surface area contributed by atoms with Crippen LogP contribution in [0.15, 0.2) is 18.2 Å². The second-order valence-electron chi connectivity index (χ2n) is 4.84. The fourth-order valence-electron chi connectivity index (χ4n) is 2.34. The maximum absolute atomic E-state index is 12.1. The molecule has 0 spiro atoms. The normalized spacial score (nSPS) is 19.6. The maximum atomic E-state index is 12.1. The van der Waals surface area contributed by atoms with Crippen molar-refractivity contribution >= 4 is 17.4 Å². The number of benzene rings is 1. The van der Waals surface area contributed by atoms with E-state index in [4.69, 9.17) is 21.4 Å². The first-order valence-corrected chi connectivity index (χ1v) is 6.71. The van der Waals surface area contributed by atoms with Gasteiger partial charge in [0.15, 0.2) is 5.78 Å². The van der Waals surface area contributed by atoms with E-state index in [0.717, 1.165) is 19.5 Å². The molecule has 4 nitrogen and oxygen atoms in total. The van der Waals surface area contributed by atoms with Crippen molar-refractivity contribution in [3.8, 4) is 5.75 Å². The highest BCUT2D eigenvalue weighted by Gasteiger charge is 2.23. The summed E-state index contributed by atoms with van der Waals surface area (Å²) in [7, 11) is 1.54. The Labute approximate surface area is 117 Å². The fourth-order valence-corrected chi connectivity index (χ4v) is 2.60. The molecule has 0 aromatic heterocycles. The van der Waals surface area contributed by atoms with Crippen molar-refractivity contribution in [1.29, 1.82) is 0 Å². The molecular weight excluding hydrogens is 266 g/mol. The van der Waals surface area contributed by atoms with Gasteiger partial charge >= 0.3 is 0 Å². The molecule has 0 radical (unpaired) electrons. The van der Waals surface area contributed by atoms with Gasteiger partial charge in [0.2, 0.25) is 0 Å². The van der Waals surface area contributed by atoms with Crippen molar-refractivity contribution in [3.63, 3.8) is 0 Å². The summed E-state index contributed by atoms with van der Waals surface area (Å²) in [5.74, 6) is 0.912. The van der Waals surface area contributed by atoms with Crippen LogP contribution < -0.4 is 4.74 Å². The smallest absolute Gasteiger partial charge is 0.176 e. The molecule has 1 atom stereocenters. The number of Topliss-reactive ketones (excluding diaryl/α,β-unsaturated/α-hetero) is 1. The summed E-state index contributed by atoms with van der Waals surface area (Å²) in [6.07, 6.45) is 0.952. The first-order chi connectivity index (χ1) is 9.13. The van der Waals surface area contributed by atoms with Gasteiger partial charge in [0, 0.05) is 18.7 Å². The lowest BCUT2D eigenvalue weighted by Gasteiger charge is -2.14. The Hall–Kier alpha value is -1.10. The van der Waals surface area contributed by atoms with Crippen molar-refractivity contribution in [2.24, 2.45) is 5.92 Å². The average Bonchev–Trinajstić information content (AvgIpc) is 2.86. The number of likely N-dealkylation sites (tertiary alicyclic amines) is 1. The number of aliphatic hydroxyl groups is 1. The van der Waals surface area contributed by atoms with Crippen molar-refractivity contribution < 1.29 is 14.6 Å². The third kappa shape index (κ3) is 3.47. The third-order valence-corrected chi connectivity index (χ3v) is 3.76. The zero-order chi connectivity index (χ0) is 13.8. The van der Waals surface area contributed by atoms with Gasteiger partial charge in [-0.2, -0.15) is 0 Å². The van der Waals surface area contributed by atoms with Gasteiger partial charge in [-0.1, -0.05) is 11.6 Å². The van der Waals surface area contributed by atoms with Crippen molar-refractivity contribution in [2.45, 2.75) is 6.42 Å². The molecule has 1 unspecified atom stereocenters. The summed E-state index contributed by atoms with van der Waals surface area (Å²) < 4.78 is 5.06. The zero-order valence-electron chi connectivity index (χ0n) is 10.9. The molecule has 1 aliphatic heterocycles. The zero-order valence-corrected chi connectivity index (χ0v) is 11.7. The number of methoxy groups -OCH3 is 1. The Morgan fingerprint density at radius 3 is 2.95 bits per heavy atom. The molecule has 0 aliphatic carbocycles. The van der Waals surface area contributed by atoms with Crippen molar-refractivity contribution in [3.05, 3.63) is 28.8 Å². The Balaban J connectivity index is 1.98. The van der Waals surface area contributed by atoms with Gasteiger partial charge in [0.25, 0.3) is 0 Å². The van der Waals surface area contributed by atoms with Crippen LogP contribution >= 0.6 is 11.6 Å². The SMILES string of the molecule is COc1ccc(C(=O)CN2CCC(CO)C2)cc1Cl. The molecule has 1 aromatic carbocycles. The number of ether oxygens (including phenoxy) is 1. The first kappa shape index (κ1) is 14.3. The monoisotopic (exact) mass is 283 g/mol. The summed E-state index contributed by atoms with van der Waals surface area (Å²) in [5, 5.41) is 9.53. The van der Waals surface area contributed by atoms with E-state index < -0.39 is 0 Å². The number of ketones is 1. The largest absolute Gasteiger partial charge is 0.495 e. The number of carbonyl (C=O) groups is 1. The highest BCUT2D eigenvalue weighted by molar-refractivity contribution is 6.32. The van der Waals surface area contributed by atoms with E-state index in [-0.39, 0.29) is 12.4 Å². The number of carbonyl (C=O) groups excluding carboxylic acids is 1. The van der Waals surface area contributed by atoms with Crippen LogP contribution in [0.2, 0.25) is 5.02 Å². The molecule has 0 saturated carbocycles. The number of halogens is 1. The Morgan fingerprint density at radius 2 is 2.37 bits per heavy atom. The van der Waals surface area contributed by atoms with Gasteiger partial charge in [-0.3, -0.25) is 9.69 Å². The molecule has 5 heteroatoms. The highest BCUT2D eigenvalue weighted by Crippen LogP contribution is 2.25. The minimum Gasteiger partial charge on any atom is -0.495 e. The van der Waals surface area contributed by atoms with E-state index in [0.29, 0.717) is 28.8 Å². The summed E-state index contributed by atoms with van der Waals surface area (Å²) in [6, 6.07) is 5.07. The number of hydrogen-bond donors (Lipinski definition) is 1. The standard InChI is InChI=1S/C14H18ClNO3/c1-19-14-3-2-11(6-12(14)15)13(18)8-16-5-4-10(7-16)9-17/h2-3,6,10,17H,4-5,7-9H2,1H3. The summed E-state index contributed by atoms with van der Waals surface area (Å²) in [4.78, 5) is 14.2. The van der Waals surface area contributed by atoms with Gasteiger partial charge in [-0.15, -0.1) is 0 Å². The molecule has 1 heterocycles. The topological polar surface area (TPSA) is 49.8 Å². The fraction of sp³-hybridized carbons (Fsp3) is 0.500. The lowest BCUT2D eigenvalue weighted by Crippen LogP contribution is -2.28. The first-order valence-electron chi connectivity index (χ1n) is 6.34. The lowest BCUT2D eigenvalue weighted by atomic mass is 10.1. The van der Waals surface area contributed by atoms with E-state index in [9.17, 15) is 4.79 Å². The van der Waals surface area contributed by atoms with Crippen LogP contribution in [0.3, 0.4) is 0 Å². The Kier molecular flexibility index (Phi) is 4.80. The van der Waals surface area contributed by atoms with Gasteiger partial charge in [0.05, 0.1) is 18.7 Å². The van der Waals surface area contributed by atoms with E-state index in [1.54, 1.807) is 25.3 Å². The van der Waals surface area contributed by atoms with Crippen LogP contribution in [-0.2, 0) is 0 Å². The predicted octanol–water partition coefficient (Wildman–Crippen LogP) is 1.85. The van der Waals surface area contributed by atoms with Crippen LogP contribution in [0.25, 0.3) is 0 Å². The number of aliphatic hydroxyl groups excluding tert-OH is 1. The predicted molar refractivity (Wildman–Crippen MR) is 74.0 cm³/mol. The van der Waals surface area contributed by atoms with Gasteiger partial charge in [0.1, 0.15) is 5.75 Å². The third-order valence-electron chi connectivity index (χ3n) is 3.47. The molecule has 19 heavy (non-hydrogen) atoms. The van der Waals surface area contributed by atoms with E-state index >= 15 is 0 Å². The van der Waals surface area contributed by atoms with Crippen LogP contribution in [-0.4, -0.2) is 49.1 Å². The molecule has 1 N–H and O–H groups in total. The van der Waals surface area contributed by atoms with Crippen LogP contribution in [0, 0.1) is 5.92 Å². The molecule has 1 aliphatic rings. The maximum Gasteiger partial charge on any atom is 0.176 e. The van der Waals surface area contributed by atoms with Gasteiger partial charge in [-0.05, 0) is 37.1 Å². The second-order valence-corrected chi connectivity index (χ2v) is 5.25. The van der Waals surface area contributed by atoms with Crippen molar-refractivity contribution in [2.75, 3.05) is 33.4 Å². The molecule has 1 saturated heterocycles. The van der Waals surface area contributed by atoms with Gasteiger partial charge < -0.3 is 9.84 Å². The minimum absolute atomic E-state index is 0.0446. The lowest BCUT2D eigenvalue weighted by molar-refractivity contribution is 0.0940. The molecular formula is C14H18ClNO3. The minimum atomic E-state index is 0.0446. The number of nitrogens with zero attached hydrogens (tertiary/aromatic N) is 1. The van der Waals surface area contributed by atoms with Crippen LogP contribution in [0.1, 0.15) is 16.8 Å². The van der Waals surface area contributed by atoms with E-state index in [1.165, 1.54) is 0 Å². The molecule has 0 bridgehead atoms. The average molecular weight is 284 g/mol. The summed E-state index contributed by atoms with van der Waals surface area (Å²) in [5.41, 5.74) is 0.596. The Bertz CT molecular complexity index is 464. The Morgan fingerprint density at radius 1 is 1.58 bits per heavy atom. The molecule has 2 rings (SSSR count). The van der Waals surface area contributed by atoms with Crippen LogP contribution in [0.4, 0.5) is 0 Å². The van der Waals surface area contributed by atoms with E-state index in [1.807, 2.05) is 0 Å². The molecule has 1 fully saturated rings. The number of hydrogen-bond acceptors (Lipinski definition) is 4. The molecule has 1 aromatic rings. The van der Waals surface area contributed by atoms with Crippen LogP contribution in [0.5, 0.6) is 5.75 Å². The van der Waals surface area contributed by atoms with E-state index in [2.05, 4.69) is 4.90 Å². The van der Waals surface area contributed by atoms with Gasteiger partial charge in [-0.25, -0.2) is 0 Å². The number of rotatable bonds is 5. The molecule has 104 valence electrons. The second kappa shape index (κ2) is 6.37. The quantitative estimate of drug-likeness (QED) is 0.838. The van der Waals surface area contributed by atoms with Crippen molar-refractivity contribution in [1.82, 2.24) is 4.90 Å². The summed E-state index contributed by atoms with van der Waals surface area (Å²) >= 11 is 6.01.